The molecule has 0 aliphatic rings. The number of carbonyl (C=O) groups is 1. The molecule has 0 bridgehead atoms. The van der Waals surface area contributed by atoms with Gasteiger partial charge in [-0.25, -0.2) is 4.98 Å². The molecule has 3 aromatic rings. The maximum Gasteiger partial charge on any atom is 0.389 e. The summed E-state index contributed by atoms with van der Waals surface area (Å²) in [5.74, 6) is -0.607. The summed E-state index contributed by atoms with van der Waals surface area (Å²) in [7, 11) is 0. The Hall–Kier alpha value is -3.07. The Balaban J connectivity index is 1.69. The van der Waals surface area contributed by atoms with Crippen molar-refractivity contribution < 1.29 is 9.72 Å². The maximum atomic E-state index is 12.1. The number of amides is 1. The normalized spacial score (nSPS) is 10.5. The number of carbonyl (C=O) groups excluding carboxylic acids is 1. The number of thiazole rings is 1. The summed E-state index contributed by atoms with van der Waals surface area (Å²) in [6, 6.07) is 8.61. The molecule has 122 valence electrons. The number of anilines is 1. The lowest BCUT2D eigenvalue weighted by atomic mass is 10.2. The van der Waals surface area contributed by atoms with Gasteiger partial charge in [0.15, 0.2) is 0 Å². The summed E-state index contributed by atoms with van der Waals surface area (Å²) >= 11 is 1.54. The highest BCUT2D eigenvalue weighted by molar-refractivity contribution is 7.13. The zero-order chi connectivity index (χ0) is 17.1. The number of hydrogen-bond acceptors (Lipinski definition) is 6. The minimum atomic E-state index is -0.603. The van der Waals surface area contributed by atoms with Crippen molar-refractivity contribution in [2.75, 3.05) is 5.32 Å². The minimum Gasteiger partial charge on any atom is -0.358 e. The van der Waals surface area contributed by atoms with Gasteiger partial charge in [-0.05, 0) is 24.0 Å². The fourth-order valence-electron chi connectivity index (χ4n) is 2.10. The highest BCUT2D eigenvalue weighted by atomic mass is 32.1. The van der Waals surface area contributed by atoms with Crippen LogP contribution in [0.4, 0.5) is 11.5 Å². The molecule has 1 amide bonds. The number of nitrogens with one attached hydrogen (secondary N) is 1. The zero-order valence-electron chi connectivity index (χ0n) is 12.7. The molecule has 0 spiro atoms. The first-order valence-electron chi connectivity index (χ1n) is 7.01. The van der Waals surface area contributed by atoms with Gasteiger partial charge in [-0.2, -0.15) is 4.68 Å². The van der Waals surface area contributed by atoms with Crippen LogP contribution in [0.25, 0.3) is 10.6 Å². The molecule has 9 heteroatoms. The molecule has 2 heterocycles. The Morgan fingerprint density at radius 3 is 2.92 bits per heavy atom. The smallest absolute Gasteiger partial charge is 0.358 e. The van der Waals surface area contributed by atoms with E-state index in [-0.39, 0.29) is 18.3 Å². The maximum absolute atomic E-state index is 12.1. The Labute approximate surface area is 140 Å². The first kappa shape index (κ1) is 15.8. The van der Waals surface area contributed by atoms with E-state index in [0.29, 0.717) is 5.69 Å². The summed E-state index contributed by atoms with van der Waals surface area (Å²) in [6.45, 7) is 1.82. The molecule has 0 atom stereocenters. The van der Waals surface area contributed by atoms with E-state index in [2.05, 4.69) is 15.4 Å². The van der Waals surface area contributed by atoms with Crippen LogP contribution >= 0.6 is 11.3 Å². The van der Waals surface area contributed by atoms with Gasteiger partial charge in [0.05, 0.1) is 17.4 Å². The van der Waals surface area contributed by atoms with Gasteiger partial charge in [0, 0.05) is 22.3 Å². The molecule has 0 unspecified atom stereocenters. The Bertz CT molecular complexity index is 902. The third-order valence-electron chi connectivity index (χ3n) is 3.13. The van der Waals surface area contributed by atoms with E-state index in [1.807, 2.05) is 30.5 Å². The van der Waals surface area contributed by atoms with Crippen LogP contribution in [0.3, 0.4) is 0 Å². The third kappa shape index (κ3) is 3.63. The predicted octanol–water partition coefficient (Wildman–Crippen LogP) is 2.86. The molecular weight excluding hydrogens is 330 g/mol. The van der Waals surface area contributed by atoms with Crippen molar-refractivity contribution in [3.8, 4) is 10.6 Å². The molecule has 24 heavy (non-hydrogen) atoms. The lowest BCUT2D eigenvalue weighted by Gasteiger charge is -2.05. The number of hydrogen-bond donors (Lipinski definition) is 1. The van der Waals surface area contributed by atoms with Gasteiger partial charge in [0.25, 0.3) is 0 Å². The molecule has 0 aliphatic heterocycles. The molecular formula is C15H13N5O3S. The molecule has 0 saturated carbocycles. The molecule has 0 aliphatic carbocycles. The number of aromatic nitrogens is 3. The molecule has 1 N–H and O–H groups in total. The van der Waals surface area contributed by atoms with Crippen LogP contribution in [-0.4, -0.2) is 25.6 Å². The second kappa shape index (κ2) is 6.59. The van der Waals surface area contributed by atoms with Crippen LogP contribution in [-0.2, 0) is 11.3 Å². The van der Waals surface area contributed by atoms with Gasteiger partial charge in [-0.1, -0.05) is 12.1 Å². The minimum absolute atomic E-state index is 0.103. The SMILES string of the molecule is Cc1csc(-c2cccc(NC(=O)Cn3ccc([N+](=O)[O-])n3)c2)n1. The van der Waals surface area contributed by atoms with Crippen molar-refractivity contribution in [3.05, 3.63) is 57.7 Å². The van der Waals surface area contributed by atoms with E-state index in [1.54, 1.807) is 6.07 Å². The van der Waals surface area contributed by atoms with Crippen LogP contribution in [0.1, 0.15) is 5.69 Å². The van der Waals surface area contributed by atoms with Crippen LogP contribution in [0, 0.1) is 17.0 Å². The monoisotopic (exact) mass is 343 g/mol. The fraction of sp³-hybridized carbons (Fsp3) is 0.133. The molecule has 3 rings (SSSR count). The van der Waals surface area contributed by atoms with Gasteiger partial charge in [0.2, 0.25) is 5.91 Å². The average Bonchev–Trinajstić information content (AvgIpc) is 3.16. The quantitative estimate of drug-likeness (QED) is 0.567. The summed E-state index contributed by atoms with van der Waals surface area (Å²) in [6.07, 6.45) is 1.40. The van der Waals surface area contributed by atoms with E-state index < -0.39 is 4.92 Å². The second-order valence-corrected chi connectivity index (χ2v) is 5.91. The molecule has 8 nitrogen and oxygen atoms in total. The van der Waals surface area contributed by atoms with Crippen molar-refractivity contribution in [1.29, 1.82) is 0 Å². The first-order valence-corrected chi connectivity index (χ1v) is 7.89. The van der Waals surface area contributed by atoms with Crippen LogP contribution < -0.4 is 5.32 Å². The highest BCUT2D eigenvalue weighted by Gasteiger charge is 2.13. The van der Waals surface area contributed by atoms with E-state index in [1.165, 1.54) is 28.3 Å². The number of aryl methyl sites for hydroxylation is 1. The van der Waals surface area contributed by atoms with Crippen molar-refractivity contribution >= 4 is 28.7 Å². The van der Waals surface area contributed by atoms with Crippen LogP contribution in [0.15, 0.2) is 41.9 Å². The standard InChI is InChI=1S/C15H13N5O3S/c1-10-9-24-15(16-10)11-3-2-4-12(7-11)17-14(21)8-19-6-5-13(18-19)20(22)23/h2-7,9H,8H2,1H3,(H,17,21). The largest absolute Gasteiger partial charge is 0.389 e. The molecule has 2 aromatic heterocycles. The van der Waals surface area contributed by atoms with Gasteiger partial charge >= 0.3 is 5.82 Å². The average molecular weight is 343 g/mol. The van der Waals surface area contributed by atoms with E-state index in [4.69, 9.17) is 0 Å². The highest BCUT2D eigenvalue weighted by Crippen LogP contribution is 2.25. The Morgan fingerprint density at radius 1 is 1.42 bits per heavy atom. The lowest BCUT2D eigenvalue weighted by Crippen LogP contribution is -2.19. The molecule has 0 saturated heterocycles. The molecule has 0 fully saturated rings. The van der Waals surface area contributed by atoms with Crippen molar-refractivity contribution in [2.45, 2.75) is 13.5 Å². The van der Waals surface area contributed by atoms with Crippen molar-refractivity contribution in [3.63, 3.8) is 0 Å². The second-order valence-electron chi connectivity index (χ2n) is 5.05. The zero-order valence-corrected chi connectivity index (χ0v) is 13.5. The van der Waals surface area contributed by atoms with Gasteiger partial charge in [-0.15, -0.1) is 11.3 Å². The van der Waals surface area contributed by atoms with Crippen molar-refractivity contribution in [2.24, 2.45) is 0 Å². The fourth-order valence-corrected chi connectivity index (χ4v) is 2.90. The van der Waals surface area contributed by atoms with Gasteiger partial charge in [-0.3, -0.25) is 4.79 Å². The Morgan fingerprint density at radius 2 is 2.25 bits per heavy atom. The first-order chi connectivity index (χ1) is 11.5. The number of rotatable bonds is 5. The number of nitro groups is 1. The van der Waals surface area contributed by atoms with Crippen LogP contribution in [0.5, 0.6) is 0 Å². The topological polar surface area (TPSA) is 103 Å². The molecule has 1 aromatic carbocycles. The summed E-state index contributed by atoms with van der Waals surface area (Å²) in [5, 5.41) is 19.9. The summed E-state index contributed by atoms with van der Waals surface area (Å²) in [4.78, 5) is 26.5. The van der Waals surface area contributed by atoms with Gasteiger partial charge in [0.1, 0.15) is 11.6 Å². The number of benzene rings is 1. The summed E-state index contributed by atoms with van der Waals surface area (Å²) in [5.41, 5.74) is 2.50. The van der Waals surface area contributed by atoms with Crippen molar-refractivity contribution in [1.82, 2.24) is 14.8 Å². The Kier molecular flexibility index (Phi) is 4.34. The number of nitrogens with zero attached hydrogens (tertiary/aromatic N) is 4. The van der Waals surface area contributed by atoms with E-state index >= 15 is 0 Å². The molecule has 0 radical (unpaired) electrons. The summed E-state index contributed by atoms with van der Waals surface area (Å²) < 4.78 is 1.22. The van der Waals surface area contributed by atoms with E-state index in [9.17, 15) is 14.9 Å². The third-order valence-corrected chi connectivity index (χ3v) is 4.14. The lowest BCUT2D eigenvalue weighted by molar-refractivity contribution is -0.389. The van der Waals surface area contributed by atoms with E-state index in [0.717, 1.165) is 16.3 Å². The predicted molar refractivity (Wildman–Crippen MR) is 89.8 cm³/mol. The van der Waals surface area contributed by atoms with Crippen LogP contribution in [0.2, 0.25) is 0 Å². The van der Waals surface area contributed by atoms with Gasteiger partial charge < -0.3 is 15.4 Å².